The van der Waals surface area contributed by atoms with Crippen LogP contribution in [0.2, 0.25) is 0 Å². The van der Waals surface area contributed by atoms with Gasteiger partial charge in [-0.2, -0.15) is 5.10 Å². The minimum atomic E-state index is -0.756. The van der Waals surface area contributed by atoms with Crippen molar-refractivity contribution in [1.82, 2.24) is 14.7 Å². The summed E-state index contributed by atoms with van der Waals surface area (Å²) in [7, 11) is 0. The molecule has 4 heteroatoms. The van der Waals surface area contributed by atoms with Crippen molar-refractivity contribution in [2.75, 3.05) is 13.1 Å². The highest BCUT2D eigenvalue weighted by atomic mass is 16.3. The SMILES string of the molecule is Cc1cc(C)n(-c2ccccc2CN2CC[C@](O)(c3ccccc3)C2)n1. The number of likely N-dealkylation sites (tertiary alicyclic amines) is 1. The molecule has 4 rings (SSSR count). The summed E-state index contributed by atoms with van der Waals surface area (Å²) in [6.45, 7) is 6.45. The predicted molar refractivity (Wildman–Crippen MR) is 103 cm³/mol. The van der Waals surface area contributed by atoms with E-state index in [0.717, 1.165) is 42.1 Å². The average Bonchev–Trinajstić information content (AvgIpc) is 3.19. The highest BCUT2D eigenvalue weighted by molar-refractivity contribution is 5.42. The lowest BCUT2D eigenvalue weighted by Crippen LogP contribution is -2.30. The number of aliphatic hydroxyl groups is 1. The first-order valence-corrected chi connectivity index (χ1v) is 9.17. The fourth-order valence-electron chi connectivity index (χ4n) is 3.95. The summed E-state index contributed by atoms with van der Waals surface area (Å²) in [5.74, 6) is 0. The van der Waals surface area contributed by atoms with Gasteiger partial charge in [0.05, 0.1) is 11.4 Å². The van der Waals surface area contributed by atoms with Crippen LogP contribution >= 0.6 is 0 Å². The van der Waals surface area contributed by atoms with Crippen molar-refractivity contribution in [3.05, 3.63) is 83.2 Å². The van der Waals surface area contributed by atoms with E-state index in [1.54, 1.807) is 0 Å². The number of aromatic nitrogens is 2. The van der Waals surface area contributed by atoms with E-state index < -0.39 is 5.60 Å². The van der Waals surface area contributed by atoms with Crippen molar-refractivity contribution in [2.45, 2.75) is 32.4 Å². The maximum atomic E-state index is 11.1. The van der Waals surface area contributed by atoms with E-state index >= 15 is 0 Å². The van der Waals surface area contributed by atoms with Gasteiger partial charge in [0.25, 0.3) is 0 Å². The largest absolute Gasteiger partial charge is 0.384 e. The van der Waals surface area contributed by atoms with Crippen LogP contribution in [0.3, 0.4) is 0 Å². The summed E-state index contributed by atoms with van der Waals surface area (Å²) in [5.41, 5.74) is 4.77. The smallest absolute Gasteiger partial charge is 0.103 e. The maximum absolute atomic E-state index is 11.1. The number of rotatable bonds is 4. The average molecular weight is 347 g/mol. The molecule has 1 aliphatic rings. The van der Waals surface area contributed by atoms with Crippen LogP contribution in [0.1, 0.15) is 28.9 Å². The van der Waals surface area contributed by atoms with Crippen LogP contribution in [0.25, 0.3) is 5.69 Å². The summed E-state index contributed by atoms with van der Waals surface area (Å²) in [6, 6.07) is 20.5. The van der Waals surface area contributed by atoms with Gasteiger partial charge in [-0.1, -0.05) is 48.5 Å². The fraction of sp³-hybridized carbons (Fsp3) is 0.318. The van der Waals surface area contributed by atoms with Gasteiger partial charge in [-0.25, -0.2) is 4.68 Å². The number of β-amino-alcohol motifs (C(OH)–C–C–N with tert-alkyl or cyclic N) is 1. The third-order valence-electron chi connectivity index (χ3n) is 5.26. The molecule has 1 saturated heterocycles. The first kappa shape index (κ1) is 17.0. The summed E-state index contributed by atoms with van der Waals surface area (Å²) < 4.78 is 2.02. The third-order valence-corrected chi connectivity index (χ3v) is 5.26. The minimum absolute atomic E-state index is 0.655. The van der Waals surface area contributed by atoms with Gasteiger partial charge in [-0.15, -0.1) is 0 Å². The van der Waals surface area contributed by atoms with Crippen molar-refractivity contribution < 1.29 is 5.11 Å². The third kappa shape index (κ3) is 3.18. The number of aryl methyl sites for hydroxylation is 2. The Hall–Kier alpha value is -2.43. The van der Waals surface area contributed by atoms with E-state index in [-0.39, 0.29) is 0 Å². The number of para-hydroxylation sites is 1. The van der Waals surface area contributed by atoms with Gasteiger partial charge in [0.2, 0.25) is 0 Å². The van der Waals surface area contributed by atoms with E-state index in [1.807, 2.05) is 41.9 Å². The molecule has 0 saturated carbocycles. The van der Waals surface area contributed by atoms with Crippen molar-refractivity contribution in [3.63, 3.8) is 0 Å². The molecule has 0 spiro atoms. The molecule has 2 heterocycles. The molecule has 1 aliphatic heterocycles. The molecule has 0 radical (unpaired) electrons. The van der Waals surface area contributed by atoms with Gasteiger partial charge in [0.1, 0.15) is 5.60 Å². The minimum Gasteiger partial charge on any atom is -0.384 e. The standard InChI is InChI=1S/C22H25N3O/c1-17-14-18(2)25(23-17)21-11-7-6-8-19(21)15-24-13-12-22(26,16-24)20-9-4-3-5-10-20/h3-11,14,26H,12-13,15-16H2,1-2H3/t22-/m1/s1. The molecule has 0 unspecified atom stereocenters. The lowest BCUT2D eigenvalue weighted by atomic mass is 9.93. The molecule has 0 bridgehead atoms. The van der Waals surface area contributed by atoms with Crippen LogP contribution in [0.5, 0.6) is 0 Å². The molecule has 26 heavy (non-hydrogen) atoms. The Balaban J connectivity index is 1.57. The zero-order chi connectivity index (χ0) is 18.1. The Bertz CT molecular complexity index is 903. The highest BCUT2D eigenvalue weighted by Gasteiger charge is 2.37. The second kappa shape index (κ2) is 6.71. The topological polar surface area (TPSA) is 41.3 Å². The molecule has 1 atom stereocenters. The van der Waals surface area contributed by atoms with Crippen LogP contribution in [0.15, 0.2) is 60.7 Å². The summed E-state index contributed by atoms with van der Waals surface area (Å²) in [4.78, 5) is 2.33. The van der Waals surface area contributed by atoms with Gasteiger partial charge < -0.3 is 5.11 Å². The summed E-state index contributed by atoms with van der Waals surface area (Å²) >= 11 is 0. The zero-order valence-electron chi connectivity index (χ0n) is 15.4. The lowest BCUT2D eigenvalue weighted by Gasteiger charge is -2.24. The van der Waals surface area contributed by atoms with Gasteiger partial charge in [-0.3, -0.25) is 4.90 Å². The molecule has 2 aromatic carbocycles. The first-order chi connectivity index (χ1) is 12.5. The predicted octanol–water partition coefficient (Wildman–Crippen LogP) is 3.58. The molecule has 3 aromatic rings. The Labute approximate surface area is 154 Å². The molecule has 134 valence electrons. The van der Waals surface area contributed by atoms with E-state index in [2.05, 4.69) is 47.3 Å². The molecule has 1 N–H and O–H groups in total. The van der Waals surface area contributed by atoms with Gasteiger partial charge in [0.15, 0.2) is 0 Å². The lowest BCUT2D eigenvalue weighted by molar-refractivity contribution is 0.0453. The molecule has 1 fully saturated rings. The highest BCUT2D eigenvalue weighted by Crippen LogP contribution is 2.33. The molecule has 0 aliphatic carbocycles. The number of benzene rings is 2. The second-order valence-electron chi connectivity index (χ2n) is 7.33. The quantitative estimate of drug-likeness (QED) is 0.784. The molecule has 4 nitrogen and oxygen atoms in total. The molecule has 1 aromatic heterocycles. The van der Waals surface area contributed by atoms with Crippen molar-refractivity contribution in [3.8, 4) is 5.69 Å². The maximum Gasteiger partial charge on any atom is 0.103 e. The zero-order valence-corrected chi connectivity index (χ0v) is 15.4. The summed E-state index contributed by atoms with van der Waals surface area (Å²) in [6.07, 6.45) is 0.763. The normalized spacial score (nSPS) is 20.6. The Morgan fingerprint density at radius 2 is 1.77 bits per heavy atom. The second-order valence-corrected chi connectivity index (χ2v) is 7.33. The van der Waals surface area contributed by atoms with E-state index in [1.165, 1.54) is 5.56 Å². The van der Waals surface area contributed by atoms with Crippen molar-refractivity contribution in [1.29, 1.82) is 0 Å². The van der Waals surface area contributed by atoms with Gasteiger partial charge in [0, 0.05) is 25.3 Å². The molecule has 0 amide bonds. The van der Waals surface area contributed by atoms with Crippen LogP contribution < -0.4 is 0 Å². The van der Waals surface area contributed by atoms with E-state index in [0.29, 0.717) is 6.54 Å². The molecular weight excluding hydrogens is 322 g/mol. The monoisotopic (exact) mass is 347 g/mol. The van der Waals surface area contributed by atoms with Gasteiger partial charge in [-0.05, 0) is 43.5 Å². The first-order valence-electron chi connectivity index (χ1n) is 9.17. The van der Waals surface area contributed by atoms with Crippen LogP contribution in [0, 0.1) is 13.8 Å². The Kier molecular flexibility index (Phi) is 4.39. The van der Waals surface area contributed by atoms with Crippen LogP contribution in [0.4, 0.5) is 0 Å². The molecular formula is C22H25N3O. The fourth-order valence-corrected chi connectivity index (χ4v) is 3.95. The Morgan fingerprint density at radius 1 is 1.04 bits per heavy atom. The van der Waals surface area contributed by atoms with E-state index in [4.69, 9.17) is 0 Å². The van der Waals surface area contributed by atoms with E-state index in [9.17, 15) is 5.11 Å². The van der Waals surface area contributed by atoms with Gasteiger partial charge >= 0.3 is 0 Å². The number of nitrogens with zero attached hydrogens (tertiary/aromatic N) is 3. The Morgan fingerprint density at radius 3 is 2.50 bits per heavy atom. The van der Waals surface area contributed by atoms with Crippen molar-refractivity contribution in [2.24, 2.45) is 0 Å². The number of hydrogen-bond donors (Lipinski definition) is 1. The number of hydrogen-bond acceptors (Lipinski definition) is 3. The van der Waals surface area contributed by atoms with Crippen LogP contribution in [-0.4, -0.2) is 32.9 Å². The van der Waals surface area contributed by atoms with Crippen molar-refractivity contribution >= 4 is 0 Å². The summed E-state index contributed by atoms with van der Waals surface area (Å²) in [5, 5.41) is 15.7. The van der Waals surface area contributed by atoms with Crippen LogP contribution in [-0.2, 0) is 12.1 Å².